The van der Waals surface area contributed by atoms with E-state index in [0.717, 1.165) is 0 Å². The number of aliphatic hydroxyl groups excluding tert-OH is 1. The standard InChI is InChI=1S/C6H10O3/c1-4(7)5-2-3-6(8)9-5/h4-5,7H,2-3H2,1H3/t4?,5-/m0/s1. The first-order valence-corrected chi connectivity index (χ1v) is 3.07. The minimum absolute atomic E-state index is 0.194. The summed E-state index contributed by atoms with van der Waals surface area (Å²) in [6.45, 7) is 1.63. The second kappa shape index (κ2) is 2.35. The third-order valence-electron chi connectivity index (χ3n) is 1.45. The number of cyclic esters (lactones) is 1. The number of esters is 1. The van der Waals surface area contributed by atoms with Crippen LogP contribution in [0.4, 0.5) is 0 Å². The summed E-state index contributed by atoms with van der Waals surface area (Å²) in [5, 5.41) is 8.89. The molecule has 1 saturated heterocycles. The van der Waals surface area contributed by atoms with Crippen LogP contribution in [0.15, 0.2) is 0 Å². The zero-order chi connectivity index (χ0) is 6.85. The fourth-order valence-electron chi connectivity index (χ4n) is 0.886. The molecule has 1 unspecified atom stereocenters. The van der Waals surface area contributed by atoms with Gasteiger partial charge in [0.15, 0.2) is 0 Å². The van der Waals surface area contributed by atoms with Gasteiger partial charge in [0.1, 0.15) is 6.10 Å². The number of ether oxygens (including phenoxy) is 1. The largest absolute Gasteiger partial charge is 0.460 e. The van der Waals surface area contributed by atoms with E-state index in [2.05, 4.69) is 0 Å². The summed E-state index contributed by atoms with van der Waals surface area (Å²) in [4.78, 5) is 10.4. The average molecular weight is 130 g/mol. The number of rotatable bonds is 1. The number of carbonyl (C=O) groups is 1. The Kier molecular flexibility index (Phi) is 1.71. The van der Waals surface area contributed by atoms with E-state index in [1.165, 1.54) is 0 Å². The maximum Gasteiger partial charge on any atom is 0.306 e. The monoisotopic (exact) mass is 130 g/mol. The highest BCUT2D eigenvalue weighted by molar-refractivity contribution is 5.71. The zero-order valence-corrected chi connectivity index (χ0v) is 5.33. The minimum atomic E-state index is -0.517. The number of hydrogen-bond acceptors (Lipinski definition) is 3. The predicted octanol–water partition coefficient (Wildman–Crippen LogP) is 0.0728. The van der Waals surface area contributed by atoms with Gasteiger partial charge in [0, 0.05) is 6.42 Å². The molecule has 9 heavy (non-hydrogen) atoms. The average Bonchev–Trinajstić information content (AvgIpc) is 2.14. The van der Waals surface area contributed by atoms with Crippen LogP contribution in [0, 0.1) is 0 Å². The lowest BCUT2D eigenvalue weighted by molar-refractivity contribution is -0.144. The first kappa shape index (κ1) is 6.55. The molecule has 0 aromatic carbocycles. The van der Waals surface area contributed by atoms with Crippen molar-refractivity contribution < 1.29 is 14.6 Å². The Morgan fingerprint density at radius 2 is 2.56 bits per heavy atom. The van der Waals surface area contributed by atoms with Gasteiger partial charge in [-0.2, -0.15) is 0 Å². The quantitative estimate of drug-likeness (QED) is 0.511. The fraction of sp³-hybridized carbons (Fsp3) is 0.833. The van der Waals surface area contributed by atoms with E-state index in [4.69, 9.17) is 9.84 Å². The maximum atomic E-state index is 10.4. The Bertz CT molecular complexity index is 119. The molecule has 3 heteroatoms. The molecule has 0 radical (unpaired) electrons. The third kappa shape index (κ3) is 1.42. The van der Waals surface area contributed by atoms with E-state index in [1.54, 1.807) is 6.92 Å². The molecule has 0 saturated carbocycles. The van der Waals surface area contributed by atoms with E-state index in [9.17, 15) is 4.79 Å². The molecule has 1 N–H and O–H groups in total. The number of hydrogen-bond donors (Lipinski definition) is 1. The third-order valence-corrected chi connectivity index (χ3v) is 1.45. The van der Waals surface area contributed by atoms with Crippen LogP contribution in [-0.2, 0) is 9.53 Å². The molecule has 0 spiro atoms. The van der Waals surface area contributed by atoms with Gasteiger partial charge in [-0.05, 0) is 13.3 Å². The lowest BCUT2D eigenvalue weighted by atomic mass is 10.2. The van der Waals surface area contributed by atoms with Gasteiger partial charge in [-0.1, -0.05) is 0 Å². The van der Waals surface area contributed by atoms with Gasteiger partial charge in [-0.25, -0.2) is 0 Å². The van der Waals surface area contributed by atoms with E-state index in [0.29, 0.717) is 12.8 Å². The first-order valence-electron chi connectivity index (χ1n) is 3.07. The molecule has 0 bridgehead atoms. The van der Waals surface area contributed by atoms with E-state index in [-0.39, 0.29) is 12.1 Å². The molecule has 2 atom stereocenters. The Morgan fingerprint density at radius 3 is 2.78 bits per heavy atom. The lowest BCUT2D eigenvalue weighted by Crippen LogP contribution is -2.21. The summed E-state index contributed by atoms with van der Waals surface area (Å²) in [5.74, 6) is -0.194. The van der Waals surface area contributed by atoms with Gasteiger partial charge in [0.25, 0.3) is 0 Å². The molecule has 0 aromatic heterocycles. The summed E-state index contributed by atoms with van der Waals surface area (Å²) in [6.07, 6.45) is 0.348. The normalized spacial score (nSPS) is 30.0. The first-order chi connectivity index (χ1) is 4.20. The summed E-state index contributed by atoms with van der Waals surface area (Å²) < 4.78 is 4.73. The highest BCUT2D eigenvalue weighted by Crippen LogP contribution is 2.16. The van der Waals surface area contributed by atoms with Gasteiger partial charge in [0.2, 0.25) is 0 Å². The van der Waals surface area contributed by atoms with Crippen molar-refractivity contribution in [2.24, 2.45) is 0 Å². The summed E-state index contributed by atoms with van der Waals surface area (Å²) in [7, 11) is 0. The van der Waals surface area contributed by atoms with Crippen molar-refractivity contribution in [2.75, 3.05) is 0 Å². The van der Waals surface area contributed by atoms with Crippen molar-refractivity contribution in [3.63, 3.8) is 0 Å². The summed E-state index contributed by atoms with van der Waals surface area (Å²) in [6, 6.07) is 0. The van der Waals surface area contributed by atoms with Crippen LogP contribution in [0.2, 0.25) is 0 Å². The number of aliphatic hydroxyl groups is 1. The van der Waals surface area contributed by atoms with Crippen LogP contribution in [0.5, 0.6) is 0 Å². The van der Waals surface area contributed by atoms with Crippen molar-refractivity contribution in [2.45, 2.75) is 32.0 Å². The number of carbonyl (C=O) groups excluding carboxylic acids is 1. The highest BCUT2D eigenvalue weighted by atomic mass is 16.6. The molecule has 0 amide bonds. The summed E-state index contributed by atoms with van der Waals surface area (Å²) in [5.41, 5.74) is 0. The second-order valence-corrected chi connectivity index (χ2v) is 2.31. The maximum absolute atomic E-state index is 10.4. The Hall–Kier alpha value is -0.570. The van der Waals surface area contributed by atoms with Crippen LogP contribution in [0.1, 0.15) is 19.8 Å². The van der Waals surface area contributed by atoms with Crippen molar-refractivity contribution >= 4 is 5.97 Å². The molecule has 52 valence electrons. The molecule has 1 aliphatic heterocycles. The van der Waals surface area contributed by atoms with Crippen molar-refractivity contribution in [3.8, 4) is 0 Å². The highest BCUT2D eigenvalue weighted by Gasteiger charge is 2.26. The topological polar surface area (TPSA) is 46.5 Å². The van der Waals surface area contributed by atoms with Gasteiger partial charge >= 0.3 is 5.97 Å². The molecule has 1 fully saturated rings. The van der Waals surface area contributed by atoms with Crippen molar-refractivity contribution in [1.29, 1.82) is 0 Å². The molecule has 1 heterocycles. The Morgan fingerprint density at radius 1 is 1.89 bits per heavy atom. The Balaban J connectivity index is 2.39. The summed E-state index contributed by atoms with van der Waals surface area (Å²) >= 11 is 0. The molecule has 1 rings (SSSR count). The van der Waals surface area contributed by atoms with Gasteiger partial charge in [0.05, 0.1) is 6.10 Å². The molecule has 1 aliphatic rings. The second-order valence-electron chi connectivity index (χ2n) is 2.31. The van der Waals surface area contributed by atoms with Crippen LogP contribution in [0.3, 0.4) is 0 Å². The van der Waals surface area contributed by atoms with Crippen LogP contribution in [0.25, 0.3) is 0 Å². The van der Waals surface area contributed by atoms with Crippen molar-refractivity contribution in [3.05, 3.63) is 0 Å². The zero-order valence-electron chi connectivity index (χ0n) is 5.33. The molecular weight excluding hydrogens is 120 g/mol. The van der Waals surface area contributed by atoms with Crippen molar-refractivity contribution in [1.82, 2.24) is 0 Å². The van der Waals surface area contributed by atoms with E-state index in [1.807, 2.05) is 0 Å². The molecule has 0 aliphatic carbocycles. The van der Waals surface area contributed by atoms with E-state index >= 15 is 0 Å². The van der Waals surface area contributed by atoms with Gasteiger partial charge in [-0.15, -0.1) is 0 Å². The van der Waals surface area contributed by atoms with Gasteiger partial charge < -0.3 is 9.84 Å². The SMILES string of the molecule is CC(O)[C@@H]1CCC(=O)O1. The van der Waals surface area contributed by atoms with Gasteiger partial charge in [-0.3, -0.25) is 4.79 Å². The smallest absolute Gasteiger partial charge is 0.306 e. The minimum Gasteiger partial charge on any atom is -0.460 e. The predicted molar refractivity (Wildman–Crippen MR) is 30.8 cm³/mol. The van der Waals surface area contributed by atoms with Crippen LogP contribution >= 0.6 is 0 Å². The van der Waals surface area contributed by atoms with Crippen LogP contribution in [-0.4, -0.2) is 23.3 Å². The van der Waals surface area contributed by atoms with Crippen LogP contribution < -0.4 is 0 Å². The molecule has 3 nitrogen and oxygen atoms in total. The fourth-order valence-corrected chi connectivity index (χ4v) is 0.886. The lowest BCUT2D eigenvalue weighted by Gasteiger charge is -2.10. The Labute approximate surface area is 53.6 Å². The molecule has 0 aromatic rings. The van der Waals surface area contributed by atoms with E-state index < -0.39 is 6.10 Å². The molecular formula is C6H10O3.